The molecule has 0 atom stereocenters. The second-order valence-corrected chi connectivity index (χ2v) is 8.68. The number of nitrogens with zero attached hydrogens (tertiary/aromatic N) is 4. The van der Waals surface area contributed by atoms with Crippen LogP contribution in [-0.2, 0) is 0 Å². The molecule has 13 nitrogen and oxygen atoms in total. The molecule has 3 aromatic rings. The molecular formula is C24H26ClN7O6. The summed E-state index contributed by atoms with van der Waals surface area (Å²) in [6, 6.07) is 7.62. The molecule has 0 spiro atoms. The van der Waals surface area contributed by atoms with Crippen LogP contribution >= 0.6 is 11.6 Å². The Balaban J connectivity index is 1.65. The lowest BCUT2D eigenvalue weighted by Crippen LogP contribution is -2.30. The molecule has 4 N–H and O–H groups in total. The van der Waals surface area contributed by atoms with Crippen molar-refractivity contribution in [2.45, 2.75) is 19.3 Å². The maximum Gasteiger partial charge on any atom is 0.409 e. The smallest absolute Gasteiger partial charge is 0.409 e. The number of amides is 1. The minimum atomic E-state index is -0.970. The van der Waals surface area contributed by atoms with E-state index in [4.69, 9.17) is 31.5 Å². The Labute approximate surface area is 223 Å². The monoisotopic (exact) mass is 543 g/mol. The number of primary amides is 1. The van der Waals surface area contributed by atoms with Crippen LogP contribution in [0.1, 0.15) is 19.3 Å². The zero-order chi connectivity index (χ0) is 27.2. The first kappa shape index (κ1) is 26.5. The van der Waals surface area contributed by atoms with Crippen molar-refractivity contribution in [2.24, 2.45) is 5.73 Å². The number of nitrogens with one attached hydrogen (secondary N) is 2. The van der Waals surface area contributed by atoms with E-state index >= 15 is 0 Å². The van der Waals surface area contributed by atoms with E-state index in [9.17, 15) is 14.9 Å². The Hall–Kier alpha value is -4.52. The summed E-state index contributed by atoms with van der Waals surface area (Å²) >= 11 is 6.32. The van der Waals surface area contributed by atoms with Crippen LogP contribution in [0.25, 0.3) is 0 Å². The van der Waals surface area contributed by atoms with E-state index in [2.05, 4.69) is 20.6 Å². The van der Waals surface area contributed by atoms with Crippen molar-refractivity contribution in [3.63, 3.8) is 0 Å². The summed E-state index contributed by atoms with van der Waals surface area (Å²) in [6.07, 6.45) is 3.42. The molecule has 2 aromatic carbocycles. The number of hydrogen-bond donors (Lipinski definition) is 3. The molecule has 1 fully saturated rings. The number of aromatic nitrogens is 2. The van der Waals surface area contributed by atoms with Crippen LogP contribution in [0.4, 0.5) is 39.3 Å². The zero-order valence-electron chi connectivity index (χ0n) is 20.7. The highest BCUT2D eigenvalue weighted by molar-refractivity contribution is 6.33. The normalized spacial score (nSPS) is 13.0. The molecule has 0 unspecified atom stereocenters. The standard InChI is InChI=1S/C24H26ClN7O6/c1-36-20-7-6-14(38-23(26)33)10-16(20)28-22-15(25)13-27-24(30-22)29-17-11-19(32(34)35)18(12-21(17)37-2)31-8-4-3-5-9-31/h6-7,10-13H,3-5,8-9H2,1-2H3,(H2,26,33)(H2,27,28,29,30). The van der Waals surface area contributed by atoms with Crippen LogP contribution in [0.15, 0.2) is 36.5 Å². The van der Waals surface area contributed by atoms with Crippen LogP contribution in [-0.4, -0.2) is 48.3 Å². The van der Waals surface area contributed by atoms with Gasteiger partial charge < -0.3 is 35.5 Å². The molecule has 0 aliphatic carbocycles. The minimum Gasteiger partial charge on any atom is -0.495 e. The van der Waals surface area contributed by atoms with Gasteiger partial charge in [-0.25, -0.2) is 9.78 Å². The highest BCUT2D eigenvalue weighted by Gasteiger charge is 2.25. The average molecular weight is 544 g/mol. The van der Waals surface area contributed by atoms with Gasteiger partial charge in [0.15, 0.2) is 5.82 Å². The number of benzene rings is 2. The molecule has 1 aliphatic rings. The lowest BCUT2D eigenvalue weighted by molar-refractivity contribution is -0.384. The van der Waals surface area contributed by atoms with Gasteiger partial charge in [-0.15, -0.1) is 0 Å². The van der Waals surface area contributed by atoms with Crippen molar-refractivity contribution < 1.29 is 23.9 Å². The zero-order valence-corrected chi connectivity index (χ0v) is 21.4. The van der Waals surface area contributed by atoms with E-state index in [1.807, 2.05) is 4.90 Å². The van der Waals surface area contributed by atoms with Gasteiger partial charge in [-0.2, -0.15) is 4.98 Å². The Morgan fingerprint density at radius 3 is 2.45 bits per heavy atom. The first-order valence-electron chi connectivity index (χ1n) is 11.6. The van der Waals surface area contributed by atoms with Crippen LogP contribution in [0.2, 0.25) is 5.02 Å². The van der Waals surface area contributed by atoms with Gasteiger partial charge in [0.25, 0.3) is 5.69 Å². The Bertz CT molecular complexity index is 1350. The van der Waals surface area contributed by atoms with Crippen molar-refractivity contribution in [1.82, 2.24) is 9.97 Å². The lowest BCUT2D eigenvalue weighted by Gasteiger charge is -2.29. The maximum atomic E-state index is 11.9. The number of carbonyl (C=O) groups excluding carboxylic acids is 1. The van der Waals surface area contributed by atoms with E-state index in [0.29, 0.717) is 28.6 Å². The van der Waals surface area contributed by atoms with Crippen molar-refractivity contribution in [3.8, 4) is 17.2 Å². The third-order valence-electron chi connectivity index (χ3n) is 5.82. The van der Waals surface area contributed by atoms with Gasteiger partial charge in [-0.05, 0) is 31.4 Å². The predicted octanol–water partition coefficient (Wildman–Crippen LogP) is 4.99. The summed E-state index contributed by atoms with van der Waals surface area (Å²) < 4.78 is 15.8. The highest BCUT2D eigenvalue weighted by atomic mass is 35.5. The fraction of sp³-hybridized carbons (Fsp3) is 0.292. The van der Waals surface area contributed by atoms with Crippen LogP contribution in [0, 0.1) is 10.1 Å². The van der Waals surface area contributed by atoms with E-state index in [1.54, 1.807) is 12.1 Å². The van der Waals surface area contributed by atoms with Crippen LogP contribution < -0.4 is 35.5 Å². The molecule has 1 amide bonds. The fourth-order valence-electron chi connectivity index (χ4n) is 4.09. The average Bonchev–Trinajstić information content (AvgIpc) is 2.90. The van der Waals surface area contributed by atoms with Gasteiger partial charge in [-0.3, -0.25) is 10.1 Å². The second kappa shape index (κ2) is 11.7. The SMILES string of the molecule is COc1cc(N2CCCCC2)c([N+](=O)[O-])cc1Nc1ncc(Cl)c(Nc2cc(OC(N)=O)ccc2OC)n1. The quantitative estimate of drug-likeness (QED) is 0.245. The number of anilines is 5. The number of methoxy groups -OCH3 is 2. The van der Waals surface area contributed by atoms with E-state index in [1.165, 1.54) is 38.6 Å². The van der Waals surface area contributed by atoms with E-state index in [0.717, 1.165) is 32.4 Å². The summed E-state index contributed by atoms with van der Waals surface area (Å²) in [5, 5.41) is 18.1. The number of nitro groups is 1. The molecule has 0 saturated carbocycles. The number of piperidine rings is 1. The molecule has 0 bridgehead atoms. The molecular weight excluding hydrogens is 518 g/mol. The molecule has 2 heterocycles. The Kier molecular flexibility index (Phi) is 8.16. The van der Waals surface area contributed by atoms with Crippen molar-refractivity contribution in [2.75, 3.05) is 42.8 Å². The number of nitrogens with two attached hydrogens (primary N) is 1. The molecule has 200 valence electrons. The summed E-state index contributed by atoms with van der Waals surface area (Å²) in [5.41, 5.74) is 6.24. The molecule has 4 rings (SSSR count). The first-order valence-corrected chi connectivity index (χ1v) is 12.0. The number of nitro benzene ring substituents is 1. The third-order valence-corrected chi connectivity index (χ3v) is 6.10. The van der Waals surface area contributed by atoms with Crippen molar-refractivity contribution in [1.29, 1.82) is 0 Å². The van der Waals surface area contributed by atoms with Gasteiger partial charge in [0.1, 0.15) is 28.0 Å². The van der Waals surface area contributed by atoms with Crippen LogP contribution in [0.3, 0.4) is 0 Å². The molecule has 1 aromatic heterocycles. The Morgan fingerprint density at radius 2 is 1.79 bits per heavy atom. The van der Waals surface area contributed by atoms with Crippen molar-refractivity contribution >= 4 is 52.2 Å². The summed E-state index contributed by atoms with van der Waals surface area (Å²) in [4.78, 5) is 33.2. The number of carbonyl (C=O) groups is 1. The number of hydrogen-bond acceptors (Lipinski definition) is 11. The molecule has 1 aliphatic heterocycles. The van der Waals surface area contributed by atoms with Crippen molar-refractivity contribution in [3.05, 3.63) is 51.7 Å². The summed E-state index contributed by atoms with van der Waals surface area (Å²) in [6.45, 7) is 1.47. The van der Waals surface area contributed by atoms with E-state index in [-0.39, 0.29) is 28.2 Å². The van der Waals surface area contributed by atoms with Gasteiger partial charge >= 0.3 is 6.09 Å². The van der Waals surface area contributed by atoms with Gasteiger partial charge in [-0.1, -0.05) is 11.6 Å². The van der Waals surface area contributed by atoms with Gasteiger partial charge in [0.05, 0.1) is 36.7 Å². The third kappa shape index (κ3) is 6.06. The summed E-state index contributed by atoms with van der Waals surface area (Å²) in [7, 11) is 2.95. The number of halogens is 1. The van der Waals surface area contributed by atoms with E-state index < -0.39 is 11.0 Å². The lowest BCUT2D eigenvalue weighted by atomic mass is 10.1. The highest BCUT2D eigenvalue weighted by Crippen LogP contribution is 2.40. The molecule has 38 heavy (non-hydrogen) atoms. The van der Waals surface area contributed by atoms with Crippen LogP contribution in [0.5, 0.6) is 17.2 Å². The maximum absolute atomic E-state index is 11.9. The summed E-state index contributed by atoms with van der Waals surface area (Å²) in [5.74, 6) is 1.27. The first-order chi connectivity index (χ1) is 18.3. The molecule has 0 radical (unpaired) electrons. The Morgan fingerprint density at radius 1 is 1.08 bits per heavy atom. The second-order valence-electron chi connectivity index (χ2n) is 8.27. The number of rotatable bonds is 9. The van der Waals surface area contributed by atoms with Gasteiger partial charge in [0.2, 0.25) is 5.95 Å². The number of ether oxygens (including phenoxy) is 3. The largest absolute Gasteiger partial charge is 0.495 e. The minimum absolute atomic E-state index is 0.0569. The predicted molar refractivity (Wildman–Crippen MR) is 143 cm³/mol. The topological polar surface area (TPSA) is 167 Å². The van der Waals surface area contributed by atoms with Gasteiger partial charge in [0, 0.05) is 31.3 Å². The fourth-order valence-corrected chi connectivity index (χ4v) is 4.22. The molecule has 1 saturated heterocycles. The molecule has 14 heteroatoms.